The number of esters is 1. The highest BCUT2D eigenvalue weighted by molar-refractivity contribution is 6.01. The second kappa shape index (κ2) is 8.37. The lowest BCUT2D eigenvalue weighted by Crippen LogP contribution is -2.36. The molecule has 2 heterocycles. The van der Waals surface area contributed by atoms with Gasteiger partial charge in [0, 0.05) is 5.69 Å². The molecule has 0 aliphatic carbocycles. The quantitative estimate of drug-likeness (QED) is 0.651. The summed E-state index contributed by atoms with van der Waals surface area (Å²) in [5.41, 5.74) is 1.60. The Bertz CT molecular complexity index is 790. The van der Waals surface area contributed by atoms with Gasteiger partial charge < -0.3 is 24.8 Å². The summed E-state index contributed by atoms with van der Waals surface area (Å²) in [4.78, 5) is 39.2. The van der Waals surface area contributed by atoms with Gasteiger partial charge in [0.1, 0.15) is 11.5 Å². The van der Waals surface area contributed by atoms with Crippen LogP contribution in [0.3, 0.4) is 0 Å². The zero-order valence-electron chi connectivity index (χ0n) is 15.3. The Morgan fingerprint density at radius 2 is 1.96 bits per heavy atom. The summed E-state index contributed by atoms with van der Waals surface area (Å²) in [7, 11) is 0. The number of aromatic amines is 1. The van der Waals surface area contributed by atoms with E-state index in [1.165, 1.54) is 6.26 Å². The zero-order valence-corrected chi connectivity index (χ0v) is 15.3. The lowest BCUT2D eigenvalue weighted by atomic mass is 10.1. The predicted molar refractivity (Wildman–Crippen MR) is 93.7 cm³/mol. The van der Waals surface area contributed by atoms with Crippen molar-refractivity contribution in [3.8, 4) is 0 Å². The fraction of sp³-hybridized carbons (Fsp3) is 0.389. The van der Waals surface area contributed by atoms with Gasteiger partial charge in [-0.25, -0.2) is 4.79 Å². The number of aryl methyl sites for hydroxylation is 1. The van der Waals surface area contributed by atoms with Crippen LogP contribution < -0.4 is 10.6 Å². The van der Waals surface area contributed by atoms with E-state index in [-0.39, 0.29) is 30.8 Å². The molecule has 3 N–H and O–H groups in total. The fourth-order valence-corrected chi connectivity index (χ4v) is 2.47. The molecule has 0 unspecified atom stereocenters. The van der Waals surface area contributed by atoms with Crippen LogP contribution in [-0.2, 0) is 16.1 Å². The number of hydrogen-bond donors (Lipinski definition) is 3. The van der Waals surface area contributed by atoms with Gasteiger partial charge >= 0.3 is 5.97 Å². The Hall–Kier alpha value is -3.03. The molecule has 2 rings (SSSR count). The summed E-state index contributed by atoms with van der Waals surface area (Å²) in [6, 6.07) is 3.46. The second-order valence-electron chi connectivity index (χ2n) is 6.12. The van der Waals surface area contributed by atoms with Crippen LogP contribution in [0.2, 0.25) is 0 Å². The van der Waals surface area contributed by atoms with Crippen LogP contribution >= 0.6 is 0 Å². The second-order valence-corrected chi connectivity index (χ2v) is 6.12. The maximum atomic E-state index is 12.3. The summed E-state index contributed by atoms with van der Waals surface area (Å²) in [6.45, 7) is 6.91. The minimum absolute atomic E-state index is 0.192. The van der Waals surface area contributed by atoms with Crippen molar-refractivity contribution in [2.75, 3.05) is 6.54 Å². The molecule has 0 aliphatic heterocycles. The number of furan rings is 1. The Labute approximate surface area is 151 Å². The van der Waals surface area contributed by atoms with Crippen molar-refractivity contribution < 1.29 is 23.5 Å². The molecule has 2 aromatic heterocycles. The molecule has 0 aliphatic rings. The molecule has 0 saturated heterocycles. The maximum Gasteiger partial charge on any atom is 0.340 e. The first-order chi connectivity index (χ1) is 12.3. The van der Waals surface area contributed by atoms with E-state index in [1.54, 1.807) is 39.8 Å². The van der Waals surface area contributed by atoms with Gasteiger partial charge in [0.2, 0.25) is 5.91 Å². The SMILES string of the molecule is Cc1[nH]c(C(=O)NCC(=O)NCc2ccco2)c(C)c1C(=O)OC(C)C. The Morgan fingerprint density at radius 1 is 1.23 bits per heavy atom. The van der Waals surface area contributed by atoms with E-state index >= 15 is 0 Å². The fourth-order valence-electron chi connectivity index (χ4n) is 2.47. The molecule has 0 saturated carbocycles. The Kier molecular flexibility index (Phi) is 6.21. The molecule has 0 atom stereocenters. The number of rotatable bonds is 7. The summed E-state index contributed by atoms with van der Waals surface area (Å²) in [6.07, 6.45) is 1.26. The van der Waals surface area contributed by atoms with E-state index in [4.69, 9.17) is 9.15 Å². The highest BCUT2D eigenvalue weighted by atomic mass is 16.5. The number of nitrogens with one attached hydrogen (secondary N) is 3. The third-order valence-electron chi connectivity index (χ3n) is 3.66. The van der Waals surface area contributed by atoms with Gasteiger partial charge in [0.15, 0.2) is 0 Å². The van der Waals surface area contributed by atoms with Gasteiger partial charge in [-0.15, -0.1) is 0 Å². The molecule has 8 heteroatoms. The molecule has 8 nitrogen and oxygen atoms in total. The third kappa shape index (κ3) is 4.75. The first-order valence-corrected chi connectivity index (χ1v) is 8.27. The van der Waals surface area contributed by atoms with E-state index in [0.717, 1.165) is 0 Å². The van der Waals surface area contributed by atoms with Crippen molar-refractivity contribution in [2.24, 2.45) is 0 Å². The lowest BCUT2D eigenvalue weighted by Gasteiger charge is -2.08. The Balaban J connectivity index is 1.95. The molecule has 26 heavy (non-hydrogen) atoms. The van der Waals surface area contributed by atoms with E-state index in [1.807, 2.05) is 0 Å². The van der Waals surface area contributed by atoms with Crippen LogP contribution in [0.4, 0.5) is 0 Å². The molecule has 0 bridgehead atoms. The predicted octanol–water partition coefficient (Wildman–Crippen LogP) is 1.84. The smallest absolute Gasteiger partial charge is 0.340 e. The minimum atomic E-state index is -0.485. The van der Waals surface area contributed by atoms with Gasteiger partial charge in [0.25, 0.3) is 5.91 Å². The highest BCUT2D eigenvalue weighted by Crippen LogP contribution is 2.19. The van der Waals surface area contributed by atoms with Crippen molar-refractivity contribution in [1.82, 2.24) is 15.6 Å². The zero-order chi connectivity index (χ0) is 19.3. The van der Waals surface area contributed by atoms with Crippen LogP contribution in [0.5, 0.6) is 0 Å². The topological polar surface area (TPSA) is 113 Å². The van der Waals surface area contributed by atoms with Crippen LogP contribution in [0.25, 0.3) is 0 Å². The molecule has 2 aromatic rings. The normalized spacial score (nSPS) is 10.7. The average molecular weight is 361 g/mol. The van der Waals surface area contributed by atoms with E-state index < -0.39 is 11.9 Å². The number of carbonyl (C=O) groups is 3. The minimum Gasteiger partial charge on any atom is -0.467 e. The van der Waals surface area contributed by atoms with Gasteiger partial charge in [0.05, 0.1) is 31.0 Å². The van der Waals surface area contributed by atoms with Crippen LogP contribution in [0, 0.1) is 13.8 Å². The number of aromatic nitrogens is 1. The number of carbonyl (C=O) groups excluding carboxylic acids is 3. The summed E-state index contributed by atoms with van der Waals surface area (Å²) < 4.78 is 10.3. The third-order valence-corrected chi connectivity index (χ3v) is 3.66. The number of amides is 2. The maximum absolute atomic E-state index is 12.3. The van der Waals surface area contributed by atoms with E-state index in [2.05, 4.69) is 15.6 Å². The first kappa shape index (κ1) is 19.3. The number of ether oxygens (including phenoxy) is 1. The van der Waals surface area contributed by atoms with Gasteiger partial charge in [-0.05, 0) is 45.4 Å². The van der Waals surface area contributed by atoms with Crippen molar-refractivity contribution in [3.63, 3.8) is 0 Å². The molecule has 140 valence electrons. The standard InChI is InChI=1S/C18H23N3O5/c1-10(2)26-18(24)15-11(3)16(21-12(15)4)17(23)20-9-14(22)19-8-13-6-5-7-25-13/h5-7,10,21H,8-9H2,1-4H3,(H,19,22)(H,20,23). The van der Waals surface area contributed by atoms with Gasteiger partial charge in [-0.1, -0.05) is 0 Å². The molecule has 0 radical (unpaired) electrons. The summed E-state index contributed by atoms with van der Waals surface area (Å²) in [5.74, 6) is -0.687. The largest absolute Gasteiger partial charge is 0.467 e. The van der Waals surface area contributed by atoms with Crippen molar-refractivity contribution in [1.29, 1.82) is 0 Å². The number of hydrogen-bond acceptors (Lipinski definition) is 5. The lowest BCUT2D eigenvalue weighted by molar-refractivity contribution is -0.120. The van der Waals surface area contributed by atoms with Gasteiger partial charge in [-0.3, -0.25) is 9.59 Å². The van der Waals surface area contributed by atoms with Gasteiger partial charge in [-0.2, -0.15) is 0 Å². The molecule has 0 fully saturated rings. The molecular formula is C18H23N3O5. The molecule has 0 spiro atoms. The van der Waals surface area contributed by atoms with Crippen LogP contribution in [0.15, 0.2) is 22.8 Å². The summed E-state index contributed by atoms with van der Waals surface area (Å²) in [5, 5.41) is 5.16. The van der Waals surface area contributed by atoms with Crippen molar-refractivity contribution in [3.05, 3.63) is 46.7 Å². The van der Waals surface area contributed by atoms with Crippen LogP contribution in [0.1, 0.15) is 51.7 Å². The Morgan fingerprint density at radius 3 is 2.58 bits per heavy atom. The monoisotopic (exact) mass is 361 g/mol. The molecule has 2 amide bonds. The van der Waals surface area contributed by atoms with Crippen molar-refractivity contribution >= 4 is 17.8 Å². The number of H-pyrrole nitrogens is 1. The van der Waals surface area contributed by atoms with E-state index in [9.17, 15) is 14.4 Å². The van der Waals surface area contributed by atoms with Crippen LogP contribution in [-0.4, -0.2) is 35.4 Å². The molecule has 0 aromatic carbocycles. The highest BCUT2D eigenvalue weighted by Gasteiger charge is 2.23. The molecular weight excluding hydrogens is 338 g/mol. The van der Waals surface area contributed by atoms with E-state index in [0.29, 0.717) is 22.6 Å². The first-order valence-electron chi connectivity index (χ1n) is 8.27. The summed E-state index contributed by atoms with van der Waals surface area (Å²) >= 11 is 0. The average Bonchev–Trinajstić information content (AvgIpc) is 3.17. The van der Waals surface area contributed by atoms with Crippen molar-refractivity contribution in [2.45, 2.75) is 40.3 Å².